The quantitative estimate of drug-likeness (QED) is 0.578. The lowest BCUT2D eigenvalue weighted by molar-refractivity contribution is -2.00. The number of aryl methyl sites for hydroxylation is 3. The number of hydrogen-bond donors (Lipinski definition) is 1. The van der Waals surface area contributed by atoms with Crippen molar-refractivity contribution in [2.45, 2.75) is 33.6 Å². The van der Waals surface area contributed by atoms with Crippen LogP contribution in [0.3, 0.4) is 0 Å². The van der Waals surface area contributed by atoms with Gasteiger partial charge in [-0.05, 0) is 31.9 Å². The van der Waals surface area contributed by atoms with Crippen molar-refractivity contribution >= 4 is 11.5 Å². The second-order valence-corrected chi connectivity index (χ2v) is 6.44. The van der Waals surface area contributed by atoms with Gasteiger partial charge in [-0.1, -0.05) is 17.7 Å². The maximum absolute atomic E-state index is 8.49. The Bertz CT molecular complexity index is 557. The molecule has 1 atom stereocenters. The molecule has 0 spiro atoms. The fraction of sp³-hybridized carbons (Fsp3) is 0.500. The van der Waals surface area contributed by atoms with Crippen molar-refractivity contribution in [1.82, 2.24) is 0 Å². The molecule has 0 aromatic heterocycles. The molecule has 0 radical (unpaired) electrons. The second kappa shape index (κ2) is 6.49. The average Bonchev–Trinajstić information content (AvgIpc) is 2.85. The fourth-order valence-corrected chi connectivity index (χ4v) is 3.15. The number of nitrogens with zero attached hydrogens (tertiary/aromatic N) is 2. The van der Waals surface area contributed by atoms with Gasteiger partial charge in [-0.2, -0.15) is 0 Å². The Labute approximate surface area is 131 Å². The van der Waals surface area contributed by atoms with Crippen molar-refractivity contribution in [3.63, 3.8) is 0 Å². The van der Waals surface area contributed by atoms with E-state index in [0.717, 1.165) is 6.67 Å². The van der Waals surface area contributed by atoms with E-state index in [0.29, 0.717) is 0 Å². The predicted molar refractivity (Wildman–Crippen MR) is 70.5 cm³/mol. The number of benzene rings is 1. The molecule has 1 aromatic carbocycles. The lowest BCUT2D eigenvalue weighted by Crippen LogP contribution is -3.11. The first-order valence-electron chi connectivity index (χ1n) is 7.05. The summed E-state index contributed by atoms with van der Waals surface area (Å²) in [6, 6.07) is 4.50. The number of rotatable bonds is 1. The summed E-state index contributed by atoms with van der Waals surface area (Å²) in [7, 11) is -4.94. The molecule has 122 valence electrons. The highest BCUT2D eigenvalue weighted by Gasteiger charge is 2.34. The van der Waals surface area contributed by atoms with Crippen LogP contribution in [0.15, 0.2) is 17.2 Å². The van der Waals surface area contributed by atoms with Crippen LogP contribution in [-0.2, 0) is 0 Å². The van der Waals surface area contributed by atoms with Crippen LogP contribution in [0.5, 0.6) is 0 Å². The van der Waals surface area contributed by atoms with Gasteiger partial charge in [0.25, 0.3) is 0 Å². The molecular formula is C14H20ClN3O4. The van der Waals surface area contributed by atoms with E-state index in [4.69, 9.17) is 23.7 Å². The molecular weight excluding hydrogens is 310 g/mol. The average molecular weight is 330 g/mol. The Balaban J connectivity index is 0.000000309. The van der Waals surface area contributed by atoms with Crippen molar-refractivity contribution in [1.29, 1.82) is 0 Å². The van der Waals surface area contributed by atoms with E-state index in [1.165, 1.54) is 47.6 Å². The largest absolute Gasteiger partial charge is 0.270 e. The summed E-state index contributed by atoms with van der Waals surface area (Å²) < 4.78 is 34.0. The van der Waals surface area contributed by atoms with Crippen LogP contribution in [0.2, 0.25) is 0 Å². The van der Waals surface area contributed by atoms with E-state index in [9.17, 15) is 0 Å². The molecule has 2 aliphatic rings. The number of hydrazone groups is 1. The van der Waals surface area contributed by atoms with E-state index in [2.05, 4.69) is 37.9 Å². The van der Waals surface area contributed by atoms with Gasteiger partial charge in [-0.25, -0.2) is 23.6 Å². The Hall–Kier alpha value is -1.22. The minimum Gasteiger partial charge on any atom is -0.270 e. The first kappa shape index (κ1) is 17.1. The van der Waals surface area contributed by atoms with Gasteiger partial charge in [0.1, 0.15) is 0 Å². The number of nitrogens with one attached hydrogen (secondary N) is 1. The van der Waals surface area contributed by atoms with Crippen LogP contribution < -0.4 is 28.5 Å². The molecule has 0 bridgehead atoms. The van der Waals surface area contributed by atoms with Crippen LogP contribution in [0, 0.1) is 31.0 Å². The third-order valence-corrected chi connectivity index (χ3v) is 3.78. The maximum atomic E-state index is 8.49. The van der Waals surface area contributed by atoms with E-state index >= 15 is 0 Å². The van der Waals surface area contributed by atoms with Gasteiger partial charge in [0.05, 0.1) is 12.2 Å². The SMILES string of the molecule is Cc1cc(C)c(N2C[NH+]3CCCC3=N2)c(C)c1.[O-][Cl+3]([O-])([O-])[O-]. The van der Waals surface area contributed by atoms with Gasteiger partial charge in [-0.15, -0.1) is 15.3 Å². The molecule has 1 aromatic rings. The summed E-state index contributed by atoms with van der Waals surface area (Å²) >= 11 is 0. The van der Waals surface area contributed by atoms with Crippen LogP contribution in [0.25, 0.3) is 0 Å². The summed E-state index contributed by atoms with van der Waals surface area (Å²) in [5.74, 6) is 1.35. The standard InChI is InChI=1S/C14H19N3.ClHO4/c1-10-7-11(2)14(12(3)8-10)17-9-16-6-4-5-13(16)15-17;2-1(3,4)5/h7-8H,4-6,9H2,1-3H3;(H,2,3,4,5). The smallest absolute Gasteiger partial charge is 0.220 e. The van der Waals surface area contributed by atoms with Crippen LogP contribution in [0.4, 0.5) is 5.69 Å². The van der Waals surface area contributed by atoms with Crippen LogP contribution in [-0.4, -0.2) is 19.0 Å². The van der Waals surface area contributed by atoms with Crippen molar-refractivity contribution < 1.29 is 33.8 Å². The summed E-state index contributed by atoms with van der Waals surface area (Å²) in [6.07, 6.45) is 2.48. The molecule has 1 saturated heterocycles. The highest BCUT2D eigenvalue weighted by Crippen LogP contribution is 2.27. The molecule has 2 heterocycles. The van der Waals surface area contributed by atoms with Gasteiger partial charge >= 0.3 is 0 Å². The molecule has 3 rings (SSSR count). The van der Waals surface area contributed by atoms with Crippen molar-refractivity contribution in [2.24, 2.45) is 5.10 Å². The molecule has 2 aliphatic heterocycles. The van der Waals surface area contributed by atoms with E-state index in [1.807, 2.05) is 0 Å². The topological polar surface area (TPSA) is 112 Å². The summed E-state index contributed by atoms with van der Waals surface area (Å²) in [6.45, 7) is 8.80. The van der Waals surface area contributed by atoms with Gasteiger partial charge in [0, 0.05) is 12.8 Å². The number of halogens is 1. The monoisotopic (exact) mass is 329 g/mol. The number of fused-ring (bicyclic) bond motifs is 1. The van der Waals surface area contributed by atoms with Crippen molar-refractivity contribution in [2.75, 3.05) is 18.2 Å². The molecule has 0 amide bonds. The molecule has 0 aliphatic carbocycles. The van der Waals surface area contributed by atoms with E-state index in [1.54, 1.807) is 4.90 Å². The molecule has 22 heavy (non-hydrogen) atoms. The van der Waals surface area contributed by atoms with Crippen molar-refractivity contribution in [3.05, 3.63) is 28.8 Å². The molecule has 7 nitrogen and oxygen atoms in total. The van der Waals surface area contributed by atoms with E-state index in [-0.39, 0.29) is 0 Å². The van der Waals surface area contributed by atoms with Crippen molar-refractivity contribution in [3.8, 4) is 0 Å². The minimum atomic E-state index is -4.94. The molecule has 1 N–H and O–H groups in total. The zero-order valence-corrected chi connectivity index (χ0v) is 13.6. The summed E-state index contributed by atoms with van der Waals surface area (Å²) in [4.78, 5) is 1.56. The Morgan fingerprint density at radius 1 is 1.09 bits per heavy atom. The third-order valence-electron chi connectivity index (χ3n) is 3.78. The molecule has 0 saturated carbocycles. The molecule has 1 unspecified atom stereocenters. The number of anilines is 1. The lowest BCUT2D eigenvalue weighted by Gasteiger charge is -2.19. The Kier molecular flexibility index (Phi) is 5.06. The number of quaternary nitrogens is 1. The molecule has 8 heteroatoms. The van der Waals surface area contributed by atoms with Gasteiger partial charge in [0.2, 0.25) is 5.84 Å². The minimum absolute atomic E-state index is 1.01. The number of amidine groups is 1. The highest BCUT2D eigenvalue weighted by atomic mass is 35.7. The normalized spacial score (nSPS) is 20.4. The Morgan fingerprint density at radius 3 is 2.14 bits per heavy atom. The second-order valence-electron chi connectivity index (χ2n) is 5.69. The van der Waals surface area contributed by atoms with Crippen LogP contribution in [0.1, 0.15) is 29.5 Å². The Morgan fingerprint density at radius 2 is 1.64 bits per heavy atom. The fourth-order valence-electron chi connectivity index (χ4n) is 3.15. The molecule has 1 fully saturated rings. The third kappa shape index (κ3) is 4.39. The maximum Gasteiger partial charge on any atom is 0.220 e. The summed E-state index contributed by atoms with van der Waals surface area (Å²) in [5, 5.41) is 6.99. The zero-order valence-electron chi connectivity index (χ0n) is 12.9. The van der Waals surface area contributed by atoms with E-state index < -0.39 is 10.2 Å². The first-order chi connectivity index (χ1) is 10.1. The van der Waals surface area contributed by atoms with Gasteiger partial charge < -0.3 is 0 Å². The lowest BCUT2D eigenvalue weighted by atomic mass is 10.1. The van der Waals surface area contributed by atoms with Gasteiger partial charge in [-0.3, -0.25) is 4.90 Å². The number of hydrogen-bond acceptors (Lipinski definition) is 6. The van der Waals surface area contributed by atoms with Crippen LogP contribution >= 0.6 is 0 Å². The highest BCUT2D eigenvalue weighted by molar-refractivity contribution is 5.78. The zero-order chi connectivity index (χ0) is 16.5. The first-order valence-corrected chi connectivity index (χ1v) is 8.28. The van der Waals surface area contributed by atoms with Gasteiger partial charge in [0.15, 0.2) is 6.67 Å². The summed E-state index contributed by atoms with van der Waals surface area (Å²) in [5.41, 5.74) is 5.33. The predicted octanol–water partition coefficient (Wildman–Crippen LogP) is -3.37.